The molecule has 0 spiro atoms. The van der Waals surface area contributed by atoms with E-state index in [9.17, 15) is 39.3 Å². The minimum absolute atomic E-state index is 0.0119. The summed E-state index contributed by atoms with van der Waals surface area (Å²) in [4.78, 5) is 58.5. The number of rotatable bonds is 32. The van der Waals surface area contributed by atoms with Crippen molar-refractivity contribution in [2.45, 2.75) is 155 Å². The molecule has 0 aliphatic carbocycles. The van der Waals surface area contributed by atoms with Gasteiger partial charge in [0.1, 0.15) is 16.8 Å². The summed E-state index contributed by atoms with van der Waals surface area (Å²) in [5, 5.41) is 46.6. The number of nitrogens with one attached hydrogen (secondary N) is 3. The van der Waals surface area contributed by atoms with Crippen LogP contribution in [-0.2, 0) is 24.0 Å². The van der Waals surface area contributed by atoms with Gasteiger partial charge in [-0.15, -0.1) is 0 Å². The Morgan fingerprint density at radius 3 is 1.62 bits per heavy atom. The normalized spacial score (nSPS) is 18.6. The molecule has 0 radical (unpaired) electrons. The third kappa shape index (κ3) is 25.4. The van der Waals surface area contributed by atoms with Crippen molar-refractivity contribution in [1.82, 2.24) is 16.0 Å². The summed E-state index contributed by atoms with van der Waals surface area (Å²) in [6.45, 7) is 0.339. The van der Waals surface area contributed by atoms with Crippen molar-refractivity contribution in [1.29, 1.82) is 0 Å². The van der Waals surface area contributed by atoms with Crippen molar-refractivity contribution in [3.8, 4) is 0 Å². The number of carbonyl (C=O) groups is 5. The van der Waals surface area contributed by atoms with E-state index in [1.54, 1.807) is 0 Å². The van der Waals surface area contributed by atoms with E-state index in [-0.39, 0.29) is 42.2 Å². The van der Waals surface area contributed by atoms with Gasteiger partial charge in [0.05, 0.1) is 0 Å². The van der Waals surface area contributed by atoms with Gasteiger partial charge in [-0.3, -0.25) is 24.5 Å². The maximum atomic E-state index is 12.3. The largest absolute Gasteiger partial charge is 0.481 e. The summed E-state index contributed by atoms with van der Waals surface area (Å²) in [5.74, 6) is -3.48. The molecule has 1 aliphatic heterocycles. The SMILES string of the molecule is CSSC1(O)SSC(N[C@@H](CCCCNC(=O)CC[C@H](NC(=O)CCCCCCCCCCCCCCCCC(=O)O)C(=O)O)C(=O)O)SS1. The number of unbranched alkanes of at least 4 members (excludes halogenated alkanes) is 14. The average molecular weight is 820 g/mol. The summed E-state index contributed by atoms with van der Waals surface area (Å²) in [6.07, 6.45) is 19.0. The first-order valence-corrected chi connectivity index (χ1v) is 24.6. The van der Waals surface area contributed by atoms with Crippen molar-refractivity contribution < 1.29 is 44.4 Å². The maximum Gasteiger partial charge on any atom is 0.326 e. The summed E-state index contributed by atoms with van der Waals surface area (Å²) in [5.41, 5.74) is 0. The third-order valence-electron chi connectivity index (χ3n) is 7.89. The quantitative estimate of drug-likeness (QED) is 0.0198. The Bertz CT molecular complexity index is 993. The van der Waals surface area contributed by atoms with Crippen LogP contribution >= 0.6 is 64.8 Å². The van der Waals surface area contributed by atoms with Crippen molar-refractivity contribution in [2.24, 2.45) is 0 Å². The molecule has 2 amide bonds. The fraction of sp³-hybridized carbons (Fsp3) is 0.844. The van der Waals surface area contributed by atoms with Crippen molar-refractivity contribution in [3.05, 3.63) is 0 Å². The van der Waals surface area contributed by atoms with E-state index in [2.05, 4.69) is 16.0 Å². The van der Waals surface area contributed by atoms with Gasteiger partial charge in [0.15, 0.2) is 0 Å². The van der Waals surface area contributed by atoms with E-state index in [4.69, 9.17) is 5.11 Å². The van der Waals surface area contributed by atoms with Crippen molar-refractivity contribution >= 4 is 94.5 Å². The second-order valence-corrected chi connectivity index (χ2v) is 20.9. The van der Waals surface area contributed by atoms with E-state index < -0.39 is 33.6 Å². The highest BCUT2D eigenvalue weighted by Crippen LogP contribution is 2.64. The zero-order valence-corrected chi connectivity index (χ0v) is 34.0. The minimum atomic E-state index is -1.17. The monoisotopic (exact) mass is 819 g/mol. The standard InChI is InChI=1S/C32H57N3O9S6/c1-45-48-32(44)49-46-31(47-50-32)35-24(29(40)41)18-16-17-23-33-26(36)22-21-25(30(42)43)34-27(37)19-14-12-10-8-6-4-2-3-5-7-9-11-13-15-20-28(38)39/h24-25,31,35,44H,2-23H2,1H3,(H,33,36)(H,34,37)(H,38,39)(H,40,41)(H,42,43)/t24-,25-,31?,32?/m0/s1. The van der Waals surface area contributed by atoms with E-state index in [1.165, 1.54) is 110 Å². The smallest absolute Gasteiger partial charge is 0.326 e. The Balaban J connectivity index is 2.08. The van der Waals surface area contributed by atoms with Crippen LogP contribution in [0.1, 0.15) is 135 Å². The summed E-state index contributed by atoms with van der Waals surface area (Å²) in [6, 6.07) is -1.89. The number of hydrogen-bond donors (Lipinski definition) is 7. The van der Waals surface area contributed by atoms with Crippen LogP contribution in [0.2, 0.25) is 0 Å². The number of amides is 2. The molecule has 7 N–H and O–H groups in total. The molecule has 18 heteroatoms. The lowest BCUT2D eigenvalue weighted by Gasteiger charge is -2.32. The third-order valence-corrected chi connectivity index (χ3v) is 18.6. The van der Waals surface area contributed by atoms with Crippen LogP contribution in [-0.4, -0.2) is 83.3 Å². The Morgan fingerprint density at radius 2 is 1.14 bits per heavy atom. The first-order chi connectivity index (χ1) is 24.0. The van der Waals surface area contributed by atoms with E-state index >= 15 is 0 Å². The number of carbonyl (C=O) groups excluding carboxylic acids is 2. The molecule has 1 rings (SSSR count). The highest BCUT2D eigenvalue weighted by Gasteiger charge is 2.38. The lowest BCUT2D eigenvalue weighted by Crippen LogP contribution is -2.41. The van der Waals surface area contributed by atoms with Gasteiger partial charge in [0.25, 0.3) is 0 Å². The van der Waals surface area contributed by atoms with Crippen LogP contribution in [0.5, 0.6) is 0 Å². The van der Waals surface area contributed by atoms with Gasteiger partial charge in [-0.25, -0.2) is 4.79 Å². The number of aliphatic carboxylic acids is 3. The van der Waals surface area contributed by atoms with Gasteiger partial charge in [0.2, 0.25) is 15.4 Å². The molecule has 1 aliphatic rings. The summed E-state index contributed by atoms with van der Waals surface area (Å²) < 4.78 is -1.18. The molecule has 290 valence electrons. The minimum Gasteiger partial charge on any atom is -0.481 e. The van der Waals surface area contributed by atoms with Crippen molar-refractivity contribution in [2.75, 3.05) is 12.8 Å². The van der Waals surface area contributed by atoms with E-state index in [0.29, 0.717) is 32.2 Å². The van der Waals surface area contributed by atoms with Crippen LogP contribution in [0.4, 0.5) is 0 Å². The summed E-state index contributed by atoms with van der Waals surface area (Å²) >= 11 is 0. The first-order valence-electron chi connectivity index (χ1n) is 17.6. The Morgan fingerprint density at radius 1 is 0.640 bits per heavy atom. The van der Waals surface area contributed by atoms with Gasteiger partial charge < -0.3 is 31.1 Å². The molecule has 12 nitrogen and oxygen atoms in total. The Hall–Kier alpha value is -0.630. The van der Waals surface area contributed by atoms with Crippen LogP contribution < -0.4 is 16.0 Å². The maximum absolute atomic E-state index is 12.3. The number of carboxylic acid groups (broad SMARTS) is 3. The highest BCUT2D eigenvalue weighted by atomic mass is 33.2. The second kappa shape index (κ2) is 29.8. The van der Waals surface area contributed by atoms with Crippen molar-refractivity contribution in [3.63, 3.8) is 0 Å². The zero-order valence-electron chi connectivity index (χ0n) is 29.1. The van der Waals surface area contributed by atoms with Gasteiger partial charge in [-0.1, -0.05) is 109 Å². The molecular formula is C32H57N3O9S6. The fourth-order valence-corrected chi connectivity index (χ4v) is 16.4. The molecule has 0 aromatic rings. The van der Waals surface area contributed by atoms with Gasteiger partial charge in [0, 0.05) is 25.8 Å². The fourth-order valence-electron chi connectivity index (χ4n) is 5.14. The lowest BCUT2D eigenvalue weighted by atomic mass is 10.0. The molecule has 2 atom stereocenters. The molecule has 0 saturated carbocycles. The number of hydrogen-bond acceptors (Lipinski definition) is 13. The lowest BCUT2D eigenvalue weighted by molar-refractivity contribution is -0.142. The van der Waals surface area contributed by atoms with Crippen LogP contribution in [0.25, 0.3) is 0 Å². The molecule has 0 bridgehead atoms. The molecule has 0 aromatic carbocycles. The molecule has 1 fully saturated rings. The predicted molar refractivity (Wildman–Crippen MR) is 212 cm³/mol. The van der Waals surface area contributed by atoms with E-state index in [1.807, 2.05) is 6.26 Å². The Kier molecular flexibility index (Phi) is 28.2. The first kappa shape index (κ1) is 47.4. The molecule has 1 heterocycles. The zero-order chi connectivity index (χ0) is 37.0. The predicted octanol–water partition coefficient (Wildman–Crippen LogP) is 7.67. The van der Waals surface area contributed by atoms with Crippen LogP contribution in [0, 0.1) is 0 Å². The molecule has 50 heavy (non-hydrogen) atoms. The van der Waals surface area contributed by atoms with Crippen LogP contribution in [0.15, 0.2) is 0 Å². The molecule has 0 aromatic heterocycles. The van der Waals surface area contributed by atoms with Crippen LogP contribution in [0.3, 0.4) is 0 Å². The van der Waals surface area contributed by atoms with Gasteiger partial charge in [-0.2, -0.15) is 0 Å². The van der Waals surface area contributed by atoms with E-state index in [0.717, 1.165) is 38.5 Å². The van der Waals surface area contributed by atoms with Gasteiger partial charge >= 0.3 is 17.9 Å². The van der Waals surface area contributed by atoms with Gasteiger partial charge in [-0.05, 0) is 77.2 Å². The number of aliphatic hydroxyl groups is 1. The average Bonchev–Trinajstić information content (AvgIpc) is 3.06. The Labute approximate surface area is 321 Å². The topological polar surface area (TPSA) is 202 Å². The summed E-state index contributed by atoms with van der Waals surface area (Å²) in [7, 11) is 8.19. The molecular weight excluding hydrogens is 763 g/mol. The second-order valence-electron chi connectivity index (χ2n) is 12.2. The molecule has 1 saturated heterocycles. The molecule has 0 unspecified atom stereocenters. The highest BCUT2D eigenvalue weighted by molar-refractivity contribution is 8.99. The number of carboxylic acids is 3.